The molecule has 0 fully saturated rings. The first-order valence-electron chi connectivity index (χ1n) is 15.5. The van der Waals surface area contributed by atoms with Gasteiger partial charge in [-0.2, -0.15) is 5.10 Å². The molecule has 0 saturated carbocycles. The maximum absolute atomic E-state index is 14.4. The van der Waals surface area contributed by atoms with Gasteiger partial charge in [0.25, 0.3) is 5.56 Å². The first-order valence-corrected chi connectivity index (χ1v) is 17.7. The molecule has 1 unspecified atom stereocenters. The molecule has 1 aliphatic heterocycles. The Hall–Kier alpha value is -5.64. The number of allylic oxidation sites excluding steroid dienone is 1. The third-order valence-electron chi connectivity index (χ3n) is 8.14. The highest BCUT2D eigenvalue weighted by Crippen LogP contribution is 2.36. The van der Waals surface area contributed by atoms with Crippen LogP contribution in [0.25, 0.3) is 23.0 Å². The molecule has 0 amide bonds. The summed E-state index contributed by atoms with van der Waals surface area (Å²) in [5.41, 5.74) is 3.09. The summed E-state index contributed by atoms with van der Waals surface area (Å²) in [6, 6.07) is 19.6. The molecule has 1 aliphatic rings. The largest absolute Gasteiger partial charge is 0.493 e. The van der Waals surface area contributed by atoms with Gasteiger partial charge in [-0.05, 0) is 55.0 Å². The van der Waals surface area contributed by atoms with Crippen LogP contribution < -0.4 is 24.4 Å². The van der Waals surface area contributed by atoms with Crippen molar-refractivity contribution < 1.29 is 32.2 Å². The molecule has 0 aliphatic carbocycles. The zero-order valence-corrected chi connectivity index (χ0v) is 30.1. The van der Waals surface area contributed by atoms with Gasteiger partial charge in [-0.25, -0.2) is 27.2 Å². The van der Waals surface area contributed by atoms with Gasteiger partial charge in [-0.3, -0.25) is 14.2 Å². The highest BCUT2D eigenvalue weighted by atomic mass is 32.2. The molecule has 262 valence electrons. The van der Waals surface area contributed by atoms with Crippen molar-refractivity contribution >= 4 is 39.4 Å². The van der Waals surface area contributed by atoms with Crippen molar-refractivity contribution in [2.75, 3.05) is 28.3 Å². The molecule has 3 aromatic carbocycles. The topological polar surface area (TPSA) is 151 Å². The van der Waals surface area contributed by atoms with Gasteiger partial charge in [0, 0.05) is 38.3 Å². The quantitative estimate of drug-likeness (QED) is 0.164. The first-order chi connectivity index (χ1) is 24.3. The van der Waals surface area contributed by atoms with Crippen molar-refractivity contribution in [2.24, 2.45) is 4.99 Å². The predicted molar refractivity (Wildman–Crippen MR) is 190 cm³/mol. The molecule has 0 bridgehead atoms. The normalized spacial score (nSPS) is 14.6. The number of aromatic nitrogens is 3. The number of sulfonamides is 1. The number of hydrogen-bond acceptors (Lipinski definition) is 11. The summed E-state index contributed by atoms with van der Waals surface area (Å²) in [4.78, 5) is 44.4. The van der Waals surface area contributed by atoms with Crippen LogP contribution in [-0.2, 0) is 24.3 Å². The van der Waals surface area contributed by atoms with E-state index in [0.717, 1.165) is 21.3 Å². The van der Waals surface area contributed by atoms with E-state index in [1.165, 1.54) is 58.0 Å². The second-order valence-corrected chi connectivity index (χ2v) is 14.8. The predicted octanol–water partition coefficient (Wildman–Crippen LogP) is 3.45. The van der Waals surface area contributed by atoms with Crippen molar-refractivity contribution in [3.05, 3.63) is 121 Å². The fraction of sp³-hybridized carbons (Fsp3) is 0.194. The summed E-state index contributed by atoms with van der Waals surface area (Å²) >= 11 is 1.14. The molecule has 0 spiro atoms. The molecule has 3 heterocycles. The Morgan fingerprint density at radius 3 is 2.31 bits per heavy atom. The van der Waals surface area contributed by atoms with Crippen LogP contribution in [0.15, 0.2) is 105 Å². The summed E-state index contributed by atoms with van der Waals surface area (Å²) in [6.07, 6.45) is 3.49. The third-order valence-corrected chi connectivity index (χ3v) is 11.0. The van der Waals surface area contributed by atoms with Gasteiger partial charge in [0.15, 0.2) is 16.3 Å². The van der Waals surface area contributed by atoms with Crippen LogP contribution in [0.1, 0.15) is 31.0 Å². The number of para-hydroxylation sites is 1. The van der Waals surface area contributed by atoms with Crippen molar-refractivity contribution in [1.82, 2.24) is 18.7 Å². The molecular formula is C36H33N5O8S2. The lowest BCUT2D eigenvalue weighted by atomic mass is 9.95. The lowest BCUT2D eigenvalue weighted by Crippen LogP contribution is -2.39. The average Bonchev–Trinajstić information content (AvgIpc) is 3.67. The maximum Gasteiger partial charge on any atom is 0.338 e. The van der Waals surface area contributed by atoms with Gasteiger partial charge in [0.2, 0.25) is 10.0 Å². The second kappa shape index (κ2) is 13.9. The monoisotopic (exact) mass is 727 g/mol. The van der Waals surface area contributed by atoms with E-state index >= 15 is 0 Å². The minimum Gasteiger partial charge on any atom is -0.493 e. The van der Waals surface area contributed by atoms with E-state index in [-0.39, 0.29) is 22.0 Å². The lowest BCUT2D eigenvalue weighted by Gasteiger charge is -2.25. The number of ether oxygens (including phenoxy) is 3. The summed E-state index contributed by atoms with van der Waals surface area (Å²) < 4.78 is 45.9. The second-order valence-electron chi connectivity index (χ2n) is 11.6. The Kier molecular flexibility index (Phi) is 9.62. The van der Waals surface area contributed by atoms with Gasteiger partial charge < -0.3 is 14.2 Å². The fourth-order valence-corrected chi connectivity index (χ4v) is 7.61. The molecule has 2 aromatic heterocycles. The molecule has 51 heavy (non-hydrogen) atoms. The van der Waals surface area contributed by atoms with Crippen LogP contribution in [0.2, 0.25) is 0 Å². The number of hydrogen-bond donors (Lipinski definition) is 0. The van der Waals surface area contributed by atoms with E-state index in [1.54, 1.807) is 48.1 Å². The number of benzene rings is 3. The minimum absolute atomic E-state index is 0.128. The summed E-state index contributed by atoms with van der Waals surface area (Å²) in [6.45, 7) is 2.94. The van der Waals surface area contributed by atoms with Gasteiger partial charge >= 0.3 is 11.9 Å². The van der Waals surface area contributed by atoms with E-state index in [1.807, 2.05) is 30.3 Å². The van der Waals surface area contributed by atoms with Gasteiger partial charge in [0.05, 0.1) is 52.3 Å². The highest BCUT2D eigenvalue weighted by Gasteiger charge is 2.34. The fourth-order valence-electron chi connectivity index (χ4n) is 5.67. The number of thiazole rings is 1. The molecule has 0 saturated heterocycles. The van der Waals surface area contributed by atoms with Crippen LogP contribution in [-0.4, -0.2) is 67.3 Å². The van der Waals surface area contributed by atoms with Crippen LogP contribution in [0.5, 0.6) is 11.5 Å². The Morgan fingerprint density at radius 1 is 0.980 bits per heavy atom. The molecule has 13 nitrogen and oxygen atoms in total. The number of methoxy groups -OCH3 is 2. The van der Waals surface area contributed by atoms with E-state index < -0.39 is 33.6 Å². The number of rotatable bonds is 9. The number of carbonyl (C=O) groups is 2. The van der Waals surface area contributed by atoms with Gasteiger partial charge in [0.1, 0.15) is 0 Å². The zero-order chi connectivity index (χ0) is 36.6. The van der Waals surface area contributed by atoms with Crippen molar-refractivity contribution in [1.29, 1.82) is 0 Å². The first kappa shape index (κ1) is 35.2. The van der Waals surface area contributed by atoms with E-state index in [2.05, 4.69) is 4.99 Å². The molecular weight excluding hydrogens is 695 g/mol. The summed E-state index contributed by atoms with van der Waals surface area (Å²) in [5, 5.41) is 4.83. The molecule has 0 N–H and O–H groups in total. The molecule has 15 heteroatoms. The number of esters is 2. The zero-order valence-electron chi connectivity index (χ0n) is 28.5. The summed E-state index contributed by atoms with van der Waals surface area (Å²) in [5.74, 6) is -0.794. The van der Waals surface area contributed by atoms with Crippen LogP contribution in [0.4, 0.5) is 0 Å². The number of fused-ring (bicyclic) bond motifs is 1. The Balaban J connectivity index is 1.54. The van der Waals surface area contributed by atoms with Crippen molar-refractivity contribution in [3.8, 4) is 28.4 Å². The van der Waals surface area contributed by atoms with Crippen molar-refractivity contribution in [3.63, 3.8) is 0 Å². The highest BCUT2D eigenvalue weighted by molar-refractivity contribution is 7.89. The van der Waals surface area contributed by atoms with Gasteiger partial charge in [-0.1, -0.05) is 47.7 Å². The van der Waals surface area contributed by atoms with Crippen LogP contribution in [0.3, 0.4) is 0 Å². The molecule has 6 rings (SSSR count). The lowest BCUT2D eigenvalue weighted by molar-refractivity contribution is -0.136. The SMILES string of the molecule is COC(=O)C1=C(C)N=c2sc(=Cc3cn(-c4ccccc4)nc3-c3ccc(S(=O)(=O)N(C)C)cc3)c(=O)n2C1c1ccc(OC(C)=O)c(OC)c1. The number of carbonyl (C=O) groups excluding carboxylic acids is 2. The molecule has 5 aromatic rings. The van der Waals surface area contributed by atoms with Crippen molar-refractivity contribution in [2.45, 2.75) is 24.8 Å². The smallest absolute Gasteiger partial charge is 0.338 e. The third kappa shape index (κ3) is 6.66. The van der Waals surface area contributed by atoms with Gasteiger partial charge in [-0.15, -0.1) is 0 Å². The van der Waals surface area contributed by atoms with E-state index in [4.69, 9.17) is 19.3 Å². The minimum atomic E-state index is -3.66. The van der Waals surface area contributed by atoms with E-state index in [9.17, 15) is 22.8 Å². The van der Waals surface area contributed by atoms with E-state index in [0.29, 0.717) is 37.4 Å². The average molecular weight is 728 g/mol. The Bertz CT molecular complexity index is 2500. The Morgan fingerprint density at radius 2 is 1.69 bits per heavy atom. The number of nitrogens with zero attached hydrogens (tertiary/aromatic N) is 5. The van der Waals surface area contributed by atoms with Crippen LogP contribution in [0, 0.1) is 0 Å². The standard InChI is InChI=1S/C36H33N5O8S2/c1-21-31(35(44)48-6)33(24-14-17-28(49-22(2)42)29(18-24)47-5)41-34(43)30(50-36(41)37-21)19-25-20-40(26-10-8-7-9-11-26)38-32(25)23-12-15-27(16-13-23)51(45,46)39(3)4/h7-20,33H,1-6H3. The Labute approximate surface area is 297 Å². The summed E-state index contributed by atoms with van der Waals surface area (Å²) in [7, 11) is 1.95. The molecule has 0 radical (unpaired) electrons. The van der Waals surface area contributed by atoms with Crippen LogP contribution >= 0.6 is 11.3 Å². The molecule has 1 atom stereocenters. The maximum atomic E-state index is 14.4.